The standard InChI is InChI=1S/C16H31N5/c1-5-9-17-15(12-14-13-20(4)19-18-14)16(3,6-2)21-10-7-8-11-21/h13,15,17H,5-12H2,1-4H3. The maximum atomic E-state index is 4.29. The van der Waals surface area contributed by atoms with E-state index in [9.17, 15) is 0 Å². The minimum atomic E-state index is 0.198. The van der Waals surface area contributed by atoms with Crippen molar-refractivity contribution in [2.75, 3.05) is 19.6 Å². The van der Waals surface area contributed by atoms with Crippen LogP contribution in [0, 0.1) is 0 Å². The average molecular weight is 293 g/mol. The van der Waals surface area contributed by atoms with Crippen LogP contribution >= 0.6 is 0 Å². The average Bonchev–Trinajstić information content (AvgIpc) is 3.14. The number of likely N-dealkylation sites (tertiary alicyclic amines) is 1. The molecule has 120 valence electrons. The smallest absolute Gasteiger partial charge is 0.0843 e. The molecule has 5 nitrogen and oxygen atoms in total. The minimum Gasteiger partial charge on any atom is -0.312 e. The number of hydrogen-bond donors (Lipinski definition) is 1. The van der Waals surface area contributed by atoms with Crippen LogP contribution in [0.3, 0.4) is 0 Å². The molecular weight excluding hydrogens is 262 g/mol. The van der Waals surface area contributed by atoms with Gasteiger partial charge in [-0.05, 0) is 52.2 Å². The van der Waals surface area contributed by atoms with Crippen molar-refractivity contribution in [3.63, 3.8) is 0 Å². The summed E-state index contributed by atoms with van der Waals surface area (Å²) in [6.07, 6.45) is 7.99. The topological polar surface area (TPSA) is 46.0 Å². The van der Waals surface area contributed by atoms with Gasteiger partial charge in [0.2, 0.25) is 0 Å². The molecule has 1 aromatic rings. The molecule has 1 aromatic heterocycles. The van der Waals surface area contributed by atoms with Crippen molar-refractivity contribution in [2.45, 2.75) is 64.5 Å². The predicted molar refractivity (Wildman–Crippen MR) is 86.3 cm³/mol. The highest BCUT2D eigenvalue weighted by atomic mass is 15.4. The lowest BCUT2D eigenvalue weighted by molar-refractivity contribution is 0.0836. The molecule has 1 aliphatic rings. The molecule has 0 aliphatic carbocycles. The number of aryl methyl sites for hydroxylation is 1. The fourth-order valence-electron chi connectivity index (χ4n) is 3.45. The first kappa shape index (κ1) is 16.4. The van der Waals surface area contributed by atoms with Crippen LogP contribution in [0.4, 0.5) is 0 Å². The van der Waals surface area contributed by atoms with Gasteiger partial charge >= 0.3 is 0 Å². The Hall–Kier alpha value is -0.940. The molecule has 0 amide bonds. The molecule has 2 rings (SSSR count). The van der Waals surface area contributed by atoms with E-state index < -0.39 is 0 Å². The second-order valence-corrected chi connectivity index (χ2v) is 6.50. The van der Waals surface area contributed by atoms with Crippen LogP contribution < -0.4 is 5.32 Å². The van der Waals surface area contributed by atoms with Crippen LogP contribution in [-0.2, 0) is 13.5 Å². The van der Waals surface area contributed by atoms with E-state index in [4.69, 9.17) is 0 Å². The van der Waals surface area contributed by atoms with E-state index in [1.807, 2.05) is 13.2 Å². The Labute approximate surface area is 129 Å². The molecule has 21 heavy (non-hydrogen) atoms. The van der Waals surface area contributed by atoms with Gasteiger partial charge in [0.1, 0.15) is 0 Å². The van der Waals surface area contributed by atoms with E-state index in [1.54, 1.807) is 4.68 Å². The van der Waals surface area contributed by atoms with Crippen LogP contribution in [0.5, 0.6) is 0 Å². The molecular formula is C16H31N5. The number of hydrogen-bond acceptors (Lipinski definition) is 4. The second kappa shape index (κ2) is 7.36. The Morgan fingerprint density at radius 1 is 1.33 bits per heavy atom. The van der Waals surface area contributed by atoms with E-state index in [0.29, 0.717) is 6.04 Å². The Morgan fingerprint density at radius 3 is 2.57 bits per heavy atom. The molecule has 2 heterocycles. The molecule has 2 unspecified atom stereocenters. The lowest BCUT2D eigenvalue weighted by Gasteiger charge is -2.45. The molecule has 0 radical (unpaired) electrons. The van der Waals surface area contributed by atoms with Gasteiger partial charge in [-0.2, -0.15) is 0 Å². The fraction of sp³-hybridized carbons (Fsp3) is 0.875. The van der Waals surface area contributed by atoms with Crippen LogP contribution in [0.15, 0.2) is 6.20 Å². The van der Waals surface area contributed by atoms with E-state index in [0.717, 1.165) is 31.5 Å². The summed E-state index contributed by atoms with van der Waals surface area (Å²) in [4.78, 5) is 2.68. The Morgan fingerprint density at radius 2 is 2.05 bits per heavy atom. The third-order valence-electron chi connectivity index (χ3n) is 5.00. The minimum absolute atomic E-state index is 0.198. The first-order chi connectivity index (χ1) is 10.1. The zero-order valence-electron chi connectivity index (χ0n) is 14.1. The summed E-state index contributed by atoms with van der Waals surface area (Å²) < 4.78 is 1.80. The van der Waals surface area contributed by atoms with Gasteiger partial charge < -0.3 is 5.32 Å². The quantitative estimate of drug-likeness (QED) is 0.796. The summed E-state index contributed by atoms with van der Waals surface area (Å²) in [7, 11) is 1.93. The van der Waals surface area contributed by atoms with Crippen LogP contribution in [0.2, 0.25) is 0 Å². The molecule has 1 N–H and O–H groups in total. The number of rotatable bonds is 8. The van der Waals surface area contributed by atoms with Crippen molar-refractivity contribution in [3.8, 4) is 0 Å². The fourth-order valence-corrected chi connectivity index (χ4v) is 3.45. The van der Waals surface area contributed by atoms with Crippen LogP contribution in [0.1, 0.15) is 52.1 Å². The van der Waals surface area contributed by atoms with Crippen molar-refractivity contribution in [3.05, 3.63) is 11.9 Å². The molecule has 1 saturated heterocycles. The van der Waals surface area contributed by atoms with Gasteiger partial charge in [0.05, 0.1) is 5.69 Å². The summed E-state index contributed by atoms with van der Waals surface area (Å²) >= 11 is 0. The van der Waals surface area contributed by atoms with Gasteiger partial charge in [0, 0.05) is 31.2 Å². The molecule has 0 saturated carbocycles. The zero-order valence-corrected chi connectivity index (χ0v) is 14.1. The van der Waals surface area contributed by atoms with Gasteiger partial charge in [-0.1, -0.05) is 19.1 Å². The predicted octanol–water partition coefficient (Wildman–Crippen LogP) is 1.99. The molecule has 1 aliphatic heterocycles. The van der Waals surface area contributed by atoms with Gasteiger partial charge in [0.15, 0.2) is 0 Å². The van der Waals surface area contributed by atoms with Crippen molar-refractivity contribution in [1.82, 2.24) is 25.2 Å². The maximum absolute atomic E-state index is 4.29. The normalized spacial score (nSPS) is 20.6. The summed E-state index contributed by atoms with van der Waals surface area (Å²) in [5.74, 6) is 0. The van der Waals surface area contributed by atoms with Gasteiger partial charge in [-0.3, -0.25) is 9.58 Å². The van der Waals surface area contributed by atoms with Gasteiger partial charge in [0.25, 0.3) is 0 Å². The highest BCUT2D eigenvalue weighted by molar-refractivity contribution is 5.05. The highest BCUT2D eigenvalue weighted by Crippen LogP contribution is 2.29. The van der Waals surface area contributed by atoms with Crippen molar-refractivity contribution >= 4 is 0 Å². The van der Waals surface area contributed by atoms with Crippen molar-refractivity contribution in [2.24, 2.45) is 7.05 Å². The summed E-state index contributed by atoms with van der Waals surface area (Å²) in [5.41, 5.74) is 1.29. The third-order valence-corrected chi connectivity index (χ3v) is 5.00. The van der Waals surface area contributed by atoms with E-state index in [1.165, 1.54) is 25.9 Å². The van der Waals surface area contributed by atoms with Gasteiger partial charge in [-0.25, -0.2) is 0 Å². The SMILES string of the molecule is CCCNC(Cc1cn(C)nn1)C(C)(CC)N1CCCC1. The molecule has 0 aromatic carbocycles. The highest BCUT2D eigenvalue weighted by Gasteiger charge is 2.39. The molecule has 0 bridgehead atoms. The first-order valence-corrected chi connectivity index (χ1v) is 8.43. The number of aromatic nitrogens is 3. The van der Waals surface area contributed by atoms with Crippen molar-refractivity contribution in [1.29, 1.82) is 0 Å². The zero-order chi connectivity index (χ0) is 15.3. The third kappa shape index (κ3) is 3.83. The first-order valence-electron chi connectivity index (χ1n) is 8.43. The maximum Gasteiger partial charge on any atom is 0.0843 e. The molecule has 0 spiro atoms. The molecule has 2 atom stereocenters. The van der Waals surface area contributed by atoms with Crippen molar-refractivity contribution < 1.29 is 0 Å². The van der Waals surface area contributed by atoms with Crippen LogP contribution in [-0.4, -0.2) is 51.1 Å². The van der Waals surface area contributed by atoms with E-state index in [2.05, 4.69) is 41.3 Å². The Balaban J connectivity index is 2.15. The van der Waals surface area contributed by atoms with E-state index in [-0.39, 0.29) is 5.54 Å². The number of nitrogens with one attached hydrogen (secondary N) is 1. The van der Waals surface area contributed by atoms with E-state index >= 15 is 0 Å². The van der Waals surface area contributed by atoms with Crippen LogP contribution in [0.25, 0.3) is 0 Å². The summed E-state index contributed by atoms with van der Waals surface area (Å²) in [6.45, 7) is 10.5. The largest absolute Gasteiger partial charge is 0.312 e. The van der Waals surface area contributed by atoms with Gasteiger partial charge in [-0.15, -0.1) is 5.10 Å². The lowest BCUT2D eigenvalue weighted by Crippen LogP contribution is -2.59. The summed E-state index contributed by atoms with van der Waals surface area (Å²) in [6, 6.07) is 0.428. The molecule has 1 fully saturated rings. The lowest BCUT2D eigenvalue weighted by atomic mass is 9.84. The summed E-state index contributed by atoms with van der Waals surface area (Å²) in [5, 5.41) is 12.2. The molecule has 5 heteroatoms. The monoisotopic (exact) mass is 293 g/mol. The second-order valence-electron chi connectivity index (χ2n) is 6.50. The Bertz CT molecular complexity index is 424. The Kier molecular flexibility index (Phi) is 5.76. The number of nitrogens with zero attached hydrogens (tertiary/aromatic N) is 4.